The summed E-state index contributed by atoms with van der Waals surface area (Å²) < 4.78 is 13.3. The van der Waals surface area contributed by atoms with Gasteiger partial charge < -0.3 is 24.4 Å². The Balaban J connectivity index is 1.24. The second-order valence-corrected chi connectivity index (χ2v) is 15.2. The van der Waals surface area contributed by atoms with Crippen LogP contribution in [0.4, 0.5) is 11.4 Å². The number of phenolic OH excluding ortho intramolecular Hbond substituents is 1. The summed E-state index contributed by atoms with van der Waals surface area (Å²) in [4.78, 5) is 30.9. The zero-order valence-corrected chi connectivity index (χ0v) is 29.3. The van der Waals surface area contributed by atoms with Crippen LogP contribution in [-0.4, -0.2) is 42.4 Å². The van der Waals surface area contributed by atoms with Crippen molar-refractivity contribution in [2.75, 3.05) is 36.0 Å². The molecule has 0 radical (unpaired) electrons. The highest BCUT2D eigenvalue weighted by atomic mass is 16.4. The molecule has 8 heteroatoms. The maximum Gasteiger partial charge on any atom is 0.366 e. The van der Waals surface area contributed by atoms with Crippen LogP contribution in [0.2, 0.25) is 0 Å². The summed E-state index contributed by atoms with van der Waals surface area (Å²) in [7, 11) is 0. The van der Waals surface area contributed by atoms with Crippen LogP contribution in [0.15, 0.2) is 80.4 Å². The maximum absolute atomic E-state index is 13.4. The van der Waals surface area contributed by atoms with Crippen molar-refractivity contribution >= 4 is 50.3 Å². The van der Waals surface area contributed by atoms with Crippen molar-refractivity contribution in [2.45, 2.75) is 51.4 Å². The number of hydrogen-bond acceptors (Lipinski definition) is 6. The average Bonchev–Trinajstić information content (AvgIpc) is 3.16. The highest BCUT2D eigenvalue weighted by molar-refractivity contribution is 6.14. The molecule has 0 amide bonds. The number of rotatable bonds is 3. The third-order valence-corrected chi connectivity index (χ3v) is 12.2. The molecule has 6 aliphatic rings. The van der Waals surface area contributed by atoms with Crippen LogP contribution in [0.5, 0.6) is 5.75 Å². The molecule has 0 spiro atoms. The minimum atomic E-state index is -1.05. The van der Waals surface area contributed by atoms with Gasteiger partial charge in [-0.05, 0) is 116 Å². The second kappa shape index (κ2) is 11.3. The maximum atomic E-state index is 13.4. The van der Waals surface area contributed by atoms with Gasteiger partial charge in [0.05, 0.1) is 38.8 Å². The Labute approximate surface area is 304 Å². The zero-order valence-electron chi connectivity index (χ0n) is 29.3. The molecule has 53 heavy (non-hydrogen) atoms. The van der Waals surface area contributed by atoms with Crippen LogP contribution in [-0.2, 0) is 25.7 Å². The van der Waals surface area contributed by atoms with Gasteiger partial charge >= 0.3 is 17.1 Å². The minimum absolute atomic E-state index is 0.0144. The van der Waals surface area contributed by atoms with Gasteiger partial charge in [-0.2, -0.15) is 0 Å². The number of carbonyl (C=O) groups is 1. The van der Waals surface area contributed by atoms with Gasteiger partial charge in [0.15, 0.2) is 5.43 Å². The number of nitrogens with zero attached hydrogens (tertiary/aromatic N) is 2. The van der Waals surface area contributed by atoms with E-state index in [0.29, 0.717) is 33.4 Å². The van der Waals surface area contributed by atoms with Crippen molar-refractivity contribution in [3.05, 3.63) is 105 Å². The number of hydrogen-bond donors (Lipinski definition) is 2. The number of aryl methyl sites for hydroxylation is 4. The summed E-state index contributed by atoms with van der Waals surface area (Å²) in [5.41, 5.74) is 13.7. The number of carboxylic acid groups (broad SMARTS) is 1. The van der Waals surface area contributed by atoms with Gasteiger partial charge in [0.25, 0.3) is 0 Å². The first kappa shape index (κ1) is 30.7. The third-order valence-electron chi connectivity index (χ3n) is 12.2. The lowest BCUT2D eigenvalue weighted by Gasteiger charge is -2.36. The second-order valence-electron chi connectivity index (χ2n) is 15.2. The van der Waals surface area contributed by atoms with Gasteiger partial charge in [-0.25, -0.2) is 9.21 Å². The van der Waals surface area contributed by atoms with Crippen LogP contribution in [0.1, 0.15) is 58.3 Å². The summed E-state index contributed by atoms with van der Waals surface area (Å²) in [6.45, 7) is 4.26. The molecule has 2 N–H and O–H groups in total. The van der Waals surface area contributed by atoms with Gasteiger partial charge in [0.1, 0.15) is 17.1 Å². The molecule has 0 unspecified atom stereocenters. The van der Waals surface area contributed by atoms with Crippen molar-refractivity contribution in [3.8, 4) is 39.3 Å². The Kier molecular flexibility index (Phi) is 6.55. The Morgan fingerprint density at radius 2 is 1.28 bits per heavy atom. The molecule has 0 bridgehead atoms. The van der Waals surface area contributed by atoms with Crippen molar-refractivity contribution in [1.82, 2.24) is 0 Å². The fourth-order valence-corrected chi connectivity index (χ4v) is 10.1. The lowest BCUT2D eigenvalue weighted by molar-refractivity contribution is 0.0697. The van der Waals surface area contributed by atoms with E-state index in [-0.39, 0.29) is 16.7 Å². The van der Waals surface area contributed by atoms with Crippen LogP contribution < -0.4 is 15.2 Å². The summed E-state index contributed by atoms with van der Waals surface area (Å²) in [5, 5.41) is 24.0. The largest absolute Gasteiger partial charge is 0.508 e. The molecule has 0 atom stereocenters. The molecule has 5 aliphatic heterocycles. The fourth-order valence-electron chi connectivity index (χ4n) is 10.1. The highest BCUT2D eigenvalue weighted by Gasteiger charge is 2.37. The van der Waals surface area contributed by atoms with E-state index in [0.717, 1.165) is 111 Å². The molecule has 4 aromatic carbocycles. The van der Waals surface area contributed by atoms with E-state index in [2.05, 4.69) is 28.0 Å². The lowest BCUT2D eigenvalue weighted by Crippen LogP contribution is -2.34. The summed E-state index contributed by atoms with van der Waals surface area (Å²) in [6, 6.07) is 19.8. The quantitative estimate of drug-likeness (QED) is 0.139. The van der Waals surface area contributed by atoms with Crippen molar-refractivity contribution in [2.24, 2.45) is 0 Å². The van der Waals surface area contributed by atoms with Crippen LogP contribution >= 0.6 is 0 Å². The molecule has 5 aromatic rings. The SMILES string of the molecule is O=C(O)c1cc(-c2c3cc4c5c(c3[o+]c3c6c7c(cc23)CCCN7CCC6)CCCN5CCC4)ccc1-c1c2ccc(=O)cc-2oc2cc(O)ccc12. The molecular formula is C45H37N2O6+. The first-order valence-corrected chi connectivity index (χ1v) is 18.9. The lowest BCUT2D eigenvalue weighted by atomic mass is 9.83. The molecule has 1 aliphatic carbocycles. The predicted molar refractivity (Wildman–Crippen MR) is 208 cm³/mol. The Morgan fingerprint density at radius 1 is 0.660 bits per heavy atom. The van der Waals surface area contributed by atoms with Gasteiger partial charge in [0.2, 0.25) is 0 Å². The van der Waals surface area contributed by atoms with Crippen molar-refractivity contribution in [3.63, 3.8) is 0 Å². The molecule has 8 nitrogen and oxygen atoms in total. The van der Waals surface area contributed by atoms with E-state index < -0.39 is 5.97 Å². The van der Waals surface area contributed by atoms with Crippen LogP contribution in [0.3, 0.4) is 0 Å². The molecule has 11 rings (SSSR count). The third kappa shape index (κ3) is 4.51. The number of anilines is 2. The summed E-state index contributed by atoms with van der Waals surface area (Å²) in [6.07, 6.45) is 8.31. The van der Waals surface area contributed by atoms with Crippen molar-refractivity contribution < 1.29 is 23.8 Å². The molecular weight excluding hydrogens is 665 g/mol. The van der Waals surface area contributed by atoms with E-state index >= 15 is 0 Å². The molecule has 0 saturated carbocycles. The summed E-state index contributed by atoms with van der Waals surface area (Å²) in [5.74, 6) is -0.711. The number of fused-ring (bicyclic) bond motifs is 6. The van der Waals surface area contributed by atoms with Crippen LogP contribution in [0.25, 0.3) is 66.5 Å². The molecule has 0 saturated heterocycles. The fraction of sp³-hybridized carbons (Fsp3) is 0.267. The smallest absolute Gasteiger partial charge is 0.366 e. The average molecular weight is 702 g/mol. The van der Waals surface area contributed by atoms with Gasteiger partial charge in [0, 0.05) is 60.4 Å². The van der Waals surface area contributed by atoms with E-state index in [1.54, 1.807) is 18.2 Å². The Bertz CT molecular complexity index is 2690. The summed E-state index contributed by atoms with van der Waals surface area (Å²) >= 11 is 0. The van der Waals surface area contributed by atoms with Crippen molar-refractivity contribution in [1.29, 1.82) is 0 Å². The number of carboxylic acids is 1. The zero-order chi connectivity index (χ0) is 35.5. The van der Waals surface area contributed by atoms with E-state index in [1.165, 1.54) is 51.8 Å². The van der Waals surface area contributed by atoms with Crippen LogP contribution in [0, 0.1) is 0 Å². The predicted octanol–water partition coefficient (Wildman–Crippen LogP) is 9.21. The van der Waals surface area contributed by atoms with Gasteiger partial charge in [-0.15, -0.1) is 0 Å². The van der Waals surface area contributed by atoms with Gasteiger partial charge in [-0.3, -0.25) is 4.79 Å². The molecule has 1 aromatic heterocycles. The van der Waals surface area contributed by atoms with Gasteiger partial charge in [-0.1, -0.05) is 12.1 Å². The van der Waals surface area contributed by atoms with E-state index in [4.69, 9.17) is 8.83 Å². The Hall–Kier alpha value is -5.89. The molecule has 0 fully saturated rings. The number of aromatic carboxylic acids is 1. The van der Waals surface area contributed by atoms with E-state index in [9.17, 15) is 19.8 Å². The number of benzene rings is 5. The molecule has 6 heterocycles. The topological polar surface area (TPSA) is 106 Å². The van der Waals surface area contributed by atoms with E-state index in [1.807, 2.05) is 12.1 Å². The first-order valence-electron chi connectivity index (χ1n) is 18.9. The number of phenols is 1. The number of aromatic hydroxyl groups is 1. The standard InChI is InChI=1S/C45H36N2O6/c48-27-10-13-30-37(22-27)52-38-23-28(49)11-14-31(38)40(30)29-12-9-24(19-34(29)45(50)51)39-35-20-25-5-1-15-46-17-3-7-32(41(25)46)43(35)53-44-33-8-4-18-47-16-2-6-26(42(33)47)21-36(39)44/h9-14,19-23H,1-8,15-18H2,(H-,48,49,50,51)/p+1. The Morgan fingerprint density at radius 3 is 1.92 bits per heavy atom. The normalized spacial score (nSPS) is 16.4. The first-order chi connectivity index (χ1) is 25.9. The highest BCUT2D eigenvalue weighted by Crippen LogP contribution is 2.50. The molecule has 262 valence electrons. The minimum Gasteiger partial charge on any atom is -0.508 e. The monoisotopic (exact) mass is 701 g/mol.